The van der Waals surface area contributed by atoms with Gasteiger partial charge in [0.05, 0.1) is 18.5 Å². The van der Waals surface area contributed by atoms with Gasteiger partial charge in [0.15, 0.2) is 0 Å². The minimum absolute atomic E-state index is 0.563. The number of nitrogen functional groups attached to an aromatic ring is 3. The van der Waals surface area contributed by atoms with E-state index < -0.39 is 0 Å². The third-order valence-electron chi connectivity index (χ3n) is 2.90. The SMILES string of the molecule is COc1ccc(NCc2cc(N)ccc2N)c(N)c1. The molecule has 0 bridgehead atoms. The predicted molar refractivity (Wildman–Crippen MR) is 80.0 cm³/mol. The smallest absolute Gasteiger partial charge is 0.121 e. The van der Waals surface area contributed by atoms with E-state index in [1.807, 2.05) is 18.2 Å². The van der Waals surface area contributed by atoms with Crippen LogP contribution in [0.1, 0.15) is 5.56 Å². The first-order valence-corrected chi connectivity index (χ1v) is 5.91. The second-order valence-corrected chi connectivity index (χ2v) is 4.26. The molecule has 0 aliphatic carbocycles. The van der Waals surface area contributed by atoms with Crippen molar-refractivity contribution in [1.82, 2.24) is 0 Å². The van der Waals surface area contributed by atoms with Gasteiger partial charge in [-0.25, -0.2) is 0 Å². The molecule has 0 aromatic heterocycles. The van der Waals surface area contributed by atoms with E-state index in [1.54, 1.807) is 25.3 Å². The highest BCUT2D eigenvalue weighted by molar-refractivity contribution is 5.68. The average molecular weight is 258 g/mol. The number of methoxy groups -OCH3 is 1. The van der Waals surface area contributed by atoms with Crippen molar-refractivity contribution in [1.29, 1.82) is 0 Å². The molecule has 100 valence electrons. The number of nitrogens with two attached hydrogens (primary N) is 3. The monoisotopic (exact) mass is 258 g/mol. The van der Waals surface area contributed by atoms with Gasteiger partial charge < -0.3 is 27.3 Å². The van der Waals surface area contributed by atoms with Crippen molar-refractivity contribution in [2.24, 2.45) is 0 Å². The number of ether oxygens (including phenoxy) is 1. The Balaban J connectivity index is 2.12. The second-order valence-electron chi connectivity index (χ2n) is 4.26. The van der Waals surface area contributed by atoms with E-state index in [4.69, 9.17) is 21.9 Å². The van der Waals surface area contributed by atoms with Gasteiger partial charge in [-0.05, 0) is 35.9 Å². The van der Waals surface area contributed by atoms with Gasteiger partial charge >= 0.3 is 0 Å². The first-order valence-electron chi connectivity index (χ1n) is 5.91. The zero-order valence-electron chi connectivity index (χ0n) is 10.8. The van der Waals surface area contributed by atoms with Crippen LogP contribution in [0.25, 0.3) is 0 Å². The molecule has 0 atom stereocenters. The number of hydrogen-bond donors (Lipinski definition) is 4. The van der Waals surface area contributed by atoms with Gasteiger partial charge in [0.1, 0.15) is 5.75 Å². The standard InChI is InChI=1S/C14H18N4O/c1-19-11-3-5-14(13(17)7-11)18-8-9-6-10(15)2-4-12(9)16/h2-7,18H,8,15-17H2,1H3. The van der Waals surface area contributed by atoms with Gasteiger partial charge in [-0.2, -0.15) is 0 Å². The molecule has 0 saturated carbocycles. The van der Waals surface area contributed by atoms with E-state index in [2.05, 4.69) is 5.32 Å². The van der Waals surface area contributed by atoms with Crippen molar-refractivity contribution in [2.45, 2.75) is 6.54 Å². The zero-order chi connectivity index (χ0) is 13.8. The molecule has 7 N–H and O–H groups in total. The van der Waals surface area contributed by atoms with Crippen LogP contribution in [-0.2, 0) is 6.54 Å². The highest BCUT2D eigenvalue weighted by Gasteiger charge is 2.03. The number of anilines is 4. The van der Waals surface area contributed by atoms with Crippen LogP contribution < -0.4 is 27.3 Å². The van der Waals surface area contributed by atoms with Gasteiger partial charge in [-0.3, -0.25) is 0 Å². The van der Waals surface area contributed by atoms with E-state index in [0.29, 0.717) is 23.6 Å². The minimum Gasteiger partial charge on any atom is -0.497 e. The molecule has 5 nitrogen and oxygen atoms in total. The Morgan fingerprint density at radius 2 is 1.79 bits per heavy atom. The summed E-state index contributed by atoms with van der Waals surface area (Å²) in [6, 6.07) is 10.9. The lowest BCUT2D eigenvalue weighted by Gasteiger charge is -2.12. The van der Waals surface area contributed by atoms with Crippen LogP contribution in [0.2, 0.25) is 0 Å². The number of hydrogen-bond acceptors (Lipinski definition) is 5. The van der Waals surface area contributed by atoms with Crippen molar-refractivity contribution in [3.63, 3.8) is 0 Å². The molecule has 0 radical (unpaired) electrons. The molecular weight excluding hydrogens is 240 g/mol. The minimum atomic E-state index is 0.563. The normalized spacial score (nSPS) is 10.2. The maximum Gasteiger partial charge on any atom is 0.121 e. The van der Waals surface area contributed by atoms with Crippen LogP contribution >= 0.6 is 0 Å². The Bertz CT molecular complexity index is 584. The number of rotatable bonds is 4. The fraction of sp³-hybridized carbons (Fsp3) is 0.143. The third-order valence-corrected chi connectivity index (χ3v) is 2.90. The molecule has 0 heterocycles. The molecule has 0 spiro atoms. The quantitative estimate of drug-likeness (QED) is 0.629. The largest absolute Gasteiger partial charge is 0.497 e. The van der Waals surface area contributed by atoms with Crippen molar-refractivity contribution in [3.05, 3.63) is 42.0 Å². The maximum atomic E-state index is 5.93. The van der Waals surface area contributed by atoms with Crippen molar-refractivity contribution >= 4 is 22.7 Å². The average Bonchev–Trinajstić information content (AvgIpc) is 2.40. The molecule has 2 aromatic rings. The highest BCUT2D eigenvalue weighted by Crippen LogP contribution is 2.25. The van der Waals surface area contributed by atoms with Crippen LogP contribution in [0.15, 0.2) is 36.4 Å². The van der Waals surface area contributed by atoms with Gasteiger partial charge in [0.25, 0.3) is 0 Å². The van der Waals surface area contributed by atoms with Gasteiger partial charge in [-0.1, -0.05) is 0 Å². The molecule has 2 rings (SSSR count). The fourth-order valence-corrected chi connectivity index (χ4v) is 1.80. The summed E-state index contributed by atoms with van der Waals surface area (Å²) < 4.78 is 5.10. The molecule has 0 aliphatic rings. The number of benzene rings is 2. The molecule has 0 amide bonds. The Hall–Kier alpha value is -2.56. The van der Waals surface area contributed by atoms with Crippen LogP contribution in [0, 0.1) is 0 Å². The summed E-state index contributed by atoms with van der Waals surface area (Å²) in [6.07, 6.45) is 0. The van der Waals surface area contributed by atoms with E-state index in [9.17, 15) is 0 Å². The first kappa shape index (κ1) is 12.9. The first-order chi connectivity index (χ1) is 9.10. The topological polar surface area (TPSA) is 99.3 Å². The van der Waals surface area contributed by atoms with Crippen molar-refractivity contribution < 1.29 is 4.74 Å². The molecular formula is C14H18N4O. The van der Waals surface area contributed by atoms with E-state index in [-0.39, 0.29) is 0 Å². The molecule has 0 aliphatic heterocycles. The van der Waals surface area contributed by atoms with Crippen LogP contribution in [0.5, 0.6) is 5.75 Å². The summed E-state index contributed by atoms with van der Waals surface area (Å²) >= 11 is 0. The van der Waals surface area contributed by atoms with Crippen LogP contribution in [0.3, 0.4) is 0 Å². The molecule has 2 aromatic carbocycles. The van der Waals surface area contributed by atoms with Crippen molar-refractivity contribution in [3.8, 4) is 5.75 Å². The van der Waals surface area contributed by atoms with Crippen LogP contribution in [-0.4, -0.2) is 7.11 Å². The summed E-state index contributed by atoms with van der Waals surface area (Å²) in [5.74, 6) is 0.728. The molecule has 0 saturated heterocycles. The summed E-state index contributed by atoms with van der Waals surface area (Å²) in [4.78, 5) is 0. The van der Waals surface area contributed by atoms with Gasteiger partial charge in [0.2, 0.25) is 0 Å². The fourth-order valence-electron chi connectivity index (χ4n) is 1.80. The lowest BCUT2D eigenvalue weighted by Crippen LogP contribution is -2.05. The third kappa shape index (κ3) is 3.01. The maximum absolute atomic E-state index is 5.93. The lowest BCUT2D eigenvalue weighted by atomic mass is 10.1. The molecule has 5 heteroatoms. The lowest BCUT2D eigenvalue weighted by molar-refractivity contribution is 0.415. The van der Waals surface area contributed by atoms with Crippen molar-refractivity contribution in [2.75, 3.05) is 29.6 Å². The predicted octanol–water partition coefficient (Wildman–Crippen LogP) is 2.05. The van der Waals surface area contributed by atoms with E-state index in [1.165, 1.54) is 0 Å². The summed E-state index contributed by atoms with van der Waals surface area (Å²) in [6.45, 7) is 0.563. The Kier molecular flexibility index (Phi) is 3.66. The Labute approximate surface area is 112 Å². The zero-order valence-corrected chi connectivity index (χ0v) is 10.8. The van der Waals surface area contributed by atoms with Gasteiger partial charge in [-0.15, -0.1) is 0 Å². The molecule has 0 unspecified atom stereocenters. The molecule has 19 heavy (non-hydrogen) atoms. The Morgan fingerprint density at radius 3 is 2.47 bits per heavy atom. The van der Waals surface area contributed by atoms with Gasteiger partial charge in [0, 0.05) is 24.0 Å². The number of nitrogens with one attached hydrogen (secondary N) is 1. The highest BCUT2D eigenvalue weighted by atomic mass is 16.5. The van der Waals surface area contributed by atoms with E-state index >= 15 is 0 Å². The second kappa shape index (κ2) is 5.39. The summed E-state index contributed by atoms with van der Waals surface area (Å²) in [5.41, 5.74) is 21.4. The molecule has 0 fully saturated rings. The van der Waals surface area contributed by atoms with Crippen LogP contribution in [0.4, 0.5) is 22.7 Å². The Morgan fingerprint density at radius 1 is 1.00 bits per heavy atom. The summed E-state index contributed by atoms with van der Waals surface area (Å²) in [5, 5.41) is 3.23. The van der Waals surface area contributed by atoms with E-state index in [0.717, 1.165) is 17.0 Å². The summed E-state index contributed by atoms with van der Waals surface area (Å²) in [7, 11) is 1.61.